The number of carbonyl (C=O) groups is 2. The Hall–Kier alpha value is -0.0000000000000000555. The molecule has 0 heterocycles. The molecule has 0 saturated carbocycles. The number of carbonyl (C=O) groups excluding carboxylic acids is 2. The van der Waals surface area contributed by atoms with Crippen molar-refractivity contribution in [1.29, 1.82) is 0 Å². The van der Waals surface area contributed by atoms with Gasteiger partial charge in [0.25, 0.3) is 0 Å². The summed E-state index contributed by atoms with van der Waals surface area (Å²) in [5, 5.41) is 0. The van der Waals surface area contributed by atoms with E-state index in [0.717, 1.165) is 48.8 Å². The molecule has 0 saturated heterocycles. The van der Waals surface area contributed by atoms with Gasteiger partial charge < -0.3 is 14.3 Å². The fourth-order valence-electron chi connectivity index (χ4n) is 0.805. The molecule has 0 spiro atoms. The van der Waals surface area contributed by atoms with Gasteiger partial charge in [0.15, 0.2) is 0 Å². The monoisotopic (exact) mass is 250 g/mol. The highest BCUT2D eigenvalue weighted by Crippen LogP contribution is 2.03. The van der Waals surface area contributed by atoms with Crippen LogP contribution in [-0.4, -0.2) is 48.8 Å². The van der Waals surface area contributed by atoms with Crippen LogP contribution in [0.15, 0.2) is 0 Å². The SMILES string of the molecule is O=CCCSCCOCCSCCC=O. The molecule has 0 aliphatic rings. The standard InChI is InChI=1S/C10H18O3S2/c11-3-1-7-14-9-5-13-6-10-15-8-2-4-12/h3-4H,1-2,5-10H2. The van der Waals surface area contributed by atoms with Crippen LogP contribution in [0.4, 0.5) is 0 Å². The molecular weight excluding hydrogens is 232 g/mol. The van der Waals surface area contributed by atoms with E-state index in [4.69, 9.17) is 4.74 Å². The maximum Gasteiger partial charge on any atom is 0.120 e. The van der Waals surface area contributed by atoms with E-state index in [1.54, 1.807) is 23.5 Å². The van der Waals surface area contributed by atoms with Gasteiger partial charge in [0, 0.05) is 24.3 Å². The summed E-state index contributed by atoms with van der Waals surface area (Å²) in [7, 11) is 0. The number of rotatable bonds is 12. The molecule has 0 radical (unpaired) electrons. The molecule has 88 valence electrons. The van der Waals surface area contributed by atoms with E-state index in [-0.39, 0.29) is 0 Å². The summed E-state index contributed by atoms with van der Waals surface area (Å²) < 4.78 is 5.38. The van der Waals surface area contributed by atoms with Crippen LogP contribution in [0.3, 0.4) is 0 Å². The minimum atomic E-state index is 0.631. The van der Waals surface area contributed by atoms with Gasteiger partial charge in [-0.05, 0) is 11.5 Å². The van der Waals surface area contributed by atoms with Crippen molar-refractivity contribution in [2.45, 2.75) is 12.8 Å². The Morgan fingerprint density at radius 1 is 0.800 bits per heavy atom. The fraction of sp³-hybridized carbons (Fsp3) is 0.800. The van der Waals surface area contributed by atoms with E-state index in [0.29, 0.717) is 12.8 Å². The average Bonchev–Trinajstić information content (AvgIpc) is 2.26. The molecule has 0 aliphatic carbocycles. The normalized spacial score (nSPS) is 10.1. The van der Waals surface area contributed by atoms with Crippen molar-refractivity contribution in [3.05, 3.63) is 0 Å². The van der Waals surface area contributed by atoms with E-state index in [1.807, 2.05) is 0 Å². The first-order valence-corrected chi connectivity index (χ1v) is 7.33. The fourth-order valence-corrected chi connectivity index (χ4v) is 2.21. The van der Waals surface area contributed by atoms with Crippen molar-refractivity contribution in [2.75, 3.05) is 36.2 Å². The maximum atomic E-state index is 9.99. The first-order chi connectivity index (χ1) is 7.41. The van der Waals surface area contributed by atoms with Gasteiger partial charge in [-0.25, -0.2) is 0 Å². The van der Waals surface area contributed by atoms with Crippen molar-refractivity contribution in [1.82, 2.24) is 0 Å². The summed E-state index contributed by atoms with van der Waals surface area (Å²) in [4.78, 5) is 20.0. The smallest absolute Gasteiger partial charge is 0.120 e. The number of hydrogen-bond donors (Lipinski definition) is 0. The Labute approximate surface area is 99.7 Å². The van der Waals surface area contributed by atoms with Gasteiger partial charge in [0.1, 0.15) is 12.6 Å². The summed E-state index contributed by atoms with van der Waals surface area (Å²) in [6.07, 6.45) is 3.15. The molecule has 0 aliphatic heterocycles. The largest absolute Gasteiger partial charge is 0.380 e. The third kappa shape index (κ3) is 14.0. The second kappa shape index (κ2) is 14.0. The lowest BCUT2D eigenvalue weighted by atomic mass is 10.6. The lowest BCUT2D eigenvalue weighted by molar-refractivity contribution is -0.108. The van der Waals surface area contributed by atoms with Gasteiger partial charge in [-0.2, -0.15) is 23.5 Å². The Kier molecular flexibility index (Phi) is 14.0. The van der Waals surface area contributed by atoms with Crippen LogP contribution in [0.5, 0.6) is 0 Å². The average molecular weight is 250 g/mol. The van der Waals surface area contributed by atoms with Crippen molar-refractivity contribution >= 4 is 36.1 Å². The van der Waals surface area contributed by atoms with Crippen LogP contribution in [0.2, 0.25) is 0 Å². The molecule has 0 N–H and O–H groups in total. The maximum absolute atomic E-state index is 9.99. The number of ether oxygens (including phenoxy) is 1. The van der Waals surface area contributed by atoms with Crippen LogP contribution < -0.4 is 0 Å². The van der Waals surface area contributed by atoms with Crippen LogP contribution in [0.1, 0.15) is 12.8 Å². The second-order valence-corrected chi connectivity index (χ2v) is 5.20. The van der Waals surface area contributed by atoms with Crippen molar-refractivity contribution in [2.24, 2.45) is 0 Å². The predicted molar refractivity (Wildman–Crippen MR) is 66.8 cm³/mol. The highest BCUT2D eigenvalue weighted by Gasteiger charge is 1.91. The summed E-state index contributed by atoms with van der Waals surface area (Å²) in [5.74, 6) is 3.68. The molecule has 0 fully saturated rings. The Morgan fingerprint density at radius 2 is 1.27 bits per heavy atom. The van der Waals surface area contributed by atoms with Crippen LogP contribution in [-0.2, 0) is 14.3 Å². The minimum Gasteiger partial charge on any atom is -0.380 e. The van der Waals surface area contributed by atoms with E-state index >= 15 is 0 Å². The molecule has 0 aromatic carbocycles. The molecule has 0 bridgehead atoms. The highest BCUT2D eigenvalue weighted by molar-refractivity contribution is 7.99. The molecule has 0 aromatic rings. The van der Waals surface area contributed by atoms with Crippen LogP contribution in [0, 0.1) is 0 Å². The molecule has 0 amide bonds. The summed E-state index contributed by atoms with van der Waals surface area (Å²) in [5.41, 5.74) is 0. The Bertz CT molecular complexity index is 138. The van der Waals surface area contributed by atoms with E-state index in [2.05, 4.69) is 0 Å². The molecule has 0 unspecified atom stereocenters. The van der Waals surface area contributed by atoms with Gasteiger partial charge in [0.05, 0.1) is 13.2 Å². The zero-order valence-electron chi connectivity index (χ0n) is 8.85. The number of hydrogen-bond acceptors (Lipinski definition) is 5. The second-order valence-electron chi connectivity index (χ2n) is 2.75. The van der Waals surface area contributed by atoms with E-state index in [1.165, 1.54) is 0 Å². The lowest BCUT2D eigenvalue weighted by Gasteiger charge is -2.02. The topological polar surface area (TPSA) is 43.4 Å². The first kappa shape index (κ1) is 15.0. The van der Waals surface area contributed by atoms with Crippen LogP contribution in [0.25, 0.3) is 0 Å². The van der Waals surface area contributed by atoms with E-state index < -0.39 is 0 Å². The summed E-state index contributed by atoms with van der Waals surface area (Å²) in [6.45, 7) is 1.50. The van der Waals surface area contributed by atoms with Gasteiger partial charge in [-0.15, -0.1) is 0 Å². The van der Waals surface area contributed by atoms with Crippen molar-refractivity contribution < 1.29 is 14.3 Å². The van der Waals surface area contributed by atoms with E-state index in [9.17, 15) is 9.59 Å². The highest BCUT2D eigenvalue weighted by atomic mass is 32.2. The number of thioether (sulfide) groups is 2. The molecule has 0 aromatic heterocycles. The molecule has 15 heavy (non-hydrogen) atoms. The third-order valence-electron chi connectivity index (χ3n) is 1.50. The summed E-state index contributed by atoms with van der Waals surface area (Å²) >= 11 is 3.48. The molecule has 0 rings (SSSR count). The van der Waals surface area contributed by atoms with Gasteiger partial charge >= 0.3 is 0 Å². The lowest BCUT2D eigenvalue weighted by Crippen LogP contribution is -2.02. The van der Waals surface area contributed by atoms with Crippen molar-refractivity contribution in [3.63, 3.8) is 0 Å². The molecule has 0 atom stereocenters. The quantitative estimate of drug-likeness (QED) is 0.389. The van der Waals surface area contributed by atoms with Crippen molar-refractivity contribution in [3.8, 4) is 0 Å². The molecule has 3 nitrogen and oxygen atoms in total. The zero-order valence-corrected chi connectivity index (χ0v) is 10.5. The third-order valence-corrected chi connectivity index (χ3v) is 3.46. The predicted octanol–water partition coefficient (Wildman–Crippen LogP) is 1.65. The molecule has 5 heteroatoms. The Morgan fingerprint density at radius 3 is 1.67 bits per heavy atom. The van der Waals surface area contributed by atoms with Gasteiger partial charge in [-0.3, -0.25) is 0 Å². The molecular formula is C10H18O3S2. The van der Waals surface area contributed by atoms with Gasteiger partial charge in [-0.1, -0.05) is 0 Å². The van der Waals surface area contributed by atoms with Crippen LogP contribution >= 0.6 is 23.5 Å². The zero-order chi connectivity index (χ0) is 11.2. The summed E-state index contributed by atoms with van der Waals surface area (Å²) in [6, 6.07) is 0. The Balaban J connectivity index is 2.86. The first-order valence-electron chi connectivity index (χ1n) is 5.02. The minimum absolute atomic E-state index is 0.631. The van der Waals surface area contributed by atoms with Gasteiger partial charge in [0.2, 0.25) is 0 Å². The number of aldehydes is 2.